The van der Waals surface area contributed by atoms with Crippen LogP contribution in [0.1, 0.15) is 0 Å². The lowest BCUT2D eigenvalue weighted by molar-refractivity contribution is 0.598. The van der Waals surface area contributed by atoms with E-state index in [1.165, 1.54) is 26.9 Å². The molecule has 0 aliphatic heterocycles. The van der Waals surface area contributed by atoms with Crippen molar-refractivity contribution < 1.29 is 4.57 Å². The van der Waals surface area contributed by atoms with Crippen molar-refractivity contribution in [1.82, 2.24) is 0 Å². The summed E-state index contributed by atoms with van der Waals surface area (Å²) in [7, 11) is -1.60. The van der Waals surface area contributed by atoms with Gasteiger partial charge in [0.2, 0.25) is 5.30 Å². The van der Waals surface area contributed by atoms with Gasteiger partial charge in [-0.3, -0.25) is 0 Å². The molecule has 1 unspecified atom stereocenters. The summed E-state index contributed by atoms with van der Waals surface area (Å²) >= 11 is 0. The summed E-state index contributed by atoms with van der Waals surface area (Å²) in [6, 6.07) is 28.8. The van der Waals surface area contributed by atoms with Crippen LogP contribution in [0.3, 0.4) is 0 Å². The van der Waals surface area contributed by atoms with E-state index in [0.717, 1.165) is 16.0 Å². The van der Waals surface area contributed by atoms with Gasteiger partial charge < -0.3 is 0 Å². The SMILES string of the molecule is O=[P+](c1ccccc1)c1ccc2ccc3cccc4ccc1c2c34. The molecule has 0 N–H and O–H groups in total. The van der Waals surface area contributed by atoms with Gasteiger partial charge in [0, 0.05) is 10.8 Å². The number of hydrogen-bond acceptors (Lipinski definition) is 1. The summed E-state index contributed by atoms with van der Waals surface area (Å²) in [6.07, 6.45) is 0. The predicted octanol–water partition coefficient (Wildman–Crippen LogP) is 5.36. The predicted molar refractivity (Wildman–Crippen MR) is 103 cm³/mol. The van der Waals surface area contributed by atoms with Crippen LogP contribution in [0.15, 0.2) is 84.9 Å². The van der Waals surface area contributed by atoms with Crippen molar-refractivity contribution in [3.8, 4) is 0 Å². The Morgan fingerprint density at radius 1 is 0.542 bits per heavy atom. The number of rotatable bonds is 2. The normalized spacial score (nSPS) is 12.2. The number of hydrogen-bond donors (Lipinski definition) is 0. The Balaban J connectivity index is 1.89. The highest BCUT2D eigenvalue weighted by molar-refractivity contribution is 7.62. The highest BCUT2D eigenvalue weighted by Crippen LogP contribution is 2.36. The monoisotopic (exact) mass is 325 g/mol. The van der Waals surface area contributed by atoms with Crippen molar-refractivity contribution >= 4 is 50.7 Å². The van der Waals surface area contributed by atoms with Gasteiger partial charge in [0.25, 0.3) is 0 Å². The standard InChI is InChI=1S/C22H14OP/c23-24(18-7-2-1-3-8-18)20-14-12-17-10-9-15-5-4-6-16-11-13-19(20)22(17)21(15)16/h1-14H/q+1. The van der Waals surface area contributed by atoms with E-state index in [-0.39, 0.29) is 0 Å². The fourth-order valence-electron chi connectivity index (χ4n) is 3.60. The molecule has 1 atom stereocenters. The molecule has 5 aromatic rings. The second-order valence-electron chi connectivity index (χ2n) is 6.07. The lowest BCUT2D eigenvalue weighted by atomic mass is 9.94. The Labute approximate surface area is 140 Å². The fraction of sp³-hybridized carbons (Fsp3) is 0. The van der Waals surface area contributed by atoms with E-state index in [2.05, 4.69) is 48.5 Å². The first-order chi connectivity index (χ1) is 11.8. The van der Waals surface area contributed by atoms with Crippen LogP contribution >= 0.6 is 7.80 Å². The summed E-state index contributed by atoms with van der Waals surface area (Å²) < 4.78 is 13.1. The molecular formula is C22H14OP+. The van der Waals surface area contributed by atoms with Gasteiger partial charge in [-0.15, -0.1) is 0 Å². The third kappa shape index (κ3) is 1.89. The third-order valence-corrected chi connectivity index (χ3v) is 6.31. The van der Waals surface area contributed by atoms with Gasteiger partial charge in [-0.05, 0) is 51.9 Å². The summed E-state index contributed by atoms with van der Waals surface area (Å²) in [6.45, 7) is 0. The maximum absolute atomic E-state index is 13.1. The Kier molecular flexibility index (Phi) is 2.92. The van der Waals surface area contributed by atoms with E-state index in [1.54, 1.807) is 0 Å². The van der Waals surface area contributed by atoms with Crippen LogP contribution in [-0.4, -0.2) is 0 Å². The lowest BCUT2D eigenvalue weighted by Gasteiger charge is -2.10. The van der Waals surface area contributed by atoms with Crippen molar-refractivity contribution in [2.75, 3.05) is 0 Å². The van der Waals surface area contributed by atoms with E-state index in [9.17, 15) is 4.57 Å². The van der Waals surface area contributed by atoms with Gasteiger partial charge in [0.1, 0.15) is 0 Å². The smallest absolute Gasteiger partial charge is 0.0619 e. The van der Waals surface area contributed by atoms with Gasteiger partial charge in [0.15, 0.2) is 5.30 Å². The molecule has 24 heavy (non-hydrogen) atoms. The molecule has 0 radical (unpaired) electrons. The maximum atomic E-state index is 13.1. The highest BCUT2D eigenvalue weighted by Gasteiger charge is 2.26. The Morgan fingerprint density at radius 2 is 1.17 bits per heavy atom. The Bertz CT molecular complexity index is 1190. The van der Waals surface area contributed by atoms with Crippen molar-refractivity contribution in [1.29, 1.82) is 0 Å². The molecule has 5 aromatic carbocycles. The maximum Gasteiger partial charge on any atom is 0.415 e. The summed E-state index contributed by atoms with van der Waals surface area (Å²) in [5, 5.41) is 9.06. The minimum absolute atomic E-state index is 0.877. The Hall–Kier alpha value is -2.76. The third-order valence-electron chi connectivity index (χ3n) is 4.72. The second-order valence-corrected chi connectivity index (χ2v) is 7.66. The first-order valence-corrected chi connectivity index (χ1v) is 9.28. The Morgan fingerprint density at radius 3 is 1.92 bits per heavy atom. The summed E-state index contributed by atoms with van der Waals surface area (Å²) in [5.74, 6) is 0. The fourth-order valence-corrected chi connectivity index (χ4v) is 4.94. The zero-order valence-electron chi connectivity index (χ0n) is 12.9. The van der Waals surface area contributed by atoms with Gasteiger partial charge in [-0.25, -0.2) is 0 Å². The molecule has 0 fully saturated rings. The van der Waals surface area contributed by atoms with Gasteiger partial charge >= 0.3 is 7.80 Å². The molecular weight excluding hydrogens is 311 g/mol. The van der Waals surface area contributed by atoms with Gasteiger partial charge in [0.05, 0.1) is 0 Å². The van der Waals surface area contributed by atoms with Gasteiger partial charge in [-0.1, -0.05) is 59.2 Å². The summed E-state index contributed by atoms with van der Waals surface area (Å²) in [5.41, 5.74) is 0. The first kappa shape index (κ1) is 13.7. The van der Waals surface area contributed by atoms with Crippen LogP contribution in [0.25, 0.3) is 32.3 Å². The molecule has 0 amide bonds. The molecule has 0 saturated heterocycles. The molecule has 5 rings (SSSR count). The quantitative estimate of drug-likeness (QED) is 0.315. The van der Waals surface area contributed by atoms with Crippen LogP contribution in [-0.2, 0) is 4.57 Å². The highest BCUT2D eigenvalue weighted by atomic mass is 31.1. The average Bonchev–Trinajstić information content (AvgIpc) is 2.66. The minimum Gasteiger partial charge on any atom is -0.0619 e. The molecule has 112 valence electrons. The molecule has 0 heterocycles. The molecule has 0 bridgehead atoms. The lowest BCUT2D eigenvalue weighted by Crippen LogP contribution is -2.07. The van der Waals surface area contributed by atoms with Gasteiger partial charge in [-0.2, -0.15) is 0 Å². The first-order valence-electron chi connectivity index (χ1n) is 8.02. The second kappa shape index (κ2) is 5.12. The molecule has 0 aliphatic rings. The minimum atomic E-state index is -1.60. The van der Waals surface area contributed by atoms with E-state index < -0.39 is 7.80 Å². The van der Waals surface area contributed by atoms with E-state index in [4.69, 9.17) is 0 Å². The van der Waals surface area contributed by atoms with E-state index in [1.807, 2.05) is 36.4 Å². The topological polar surface area (TPSA) is 17.1 Å². The van der Waals surface area contributed by atoms with Crippen LogP contribution < -0.4 is 10.6 Å². The molecule has 0 aromatic heterocycles. The van der Waals surface area contributed by atoms with Crippen LogP contribution in [0.2, 0.25) is 0 Å². The van der Waals surface area contributed by atoms with Crippen LogP contribution in [0, 0.1) is 0 Å². The number of benzene rings is 5. The molecule has 1 nitrogen and oxygen atoms in total. The summed E-state index contributed by atoms with van der Waals surface area (Å²) in [4.78, 5) is 0. The van der Waals surface area contributed by atoms with Crippen molar-refractivity contribution in [3.05, 3.63) is 84.9 Å². The zero-order valence-corrected chi connectivity index (χ0v) is 13.8. The molecule has 2 heteroatoms. The van der Waals surface area contributed by atoms with Crippen molar-refractivity contribution in [2.45, 2.75) is 0 Å². The van der Waals surface area contributed by atoms with Crippen molar-refractivity contribution in [2.24, 2.45) is 0 Å². The molecule has 0 saturated carbocycles. The van der Waals surface area contributed by atoms with Crippen molar-refractivity contribution in [3.63, 3.8) is 0 Å². The van der Waals surface area contributed by atoms with Crippen LogP contribution in [0.4, 0.5) is 0 Å². The zero-order chi connectivity index (χ0) is 16.1. The molecule has 0 aliphatic carbocycles. The van der Waals surface area contributed by atoms with Crippen LogP contribution in [0.5, 0.6) is 0 Å². The van der Waals surface area contributed by atoms with E-state index in [0.29, 0.717) is 0 Å². The van der Waals surface area contributed by atoms with E-state index >= 15 is 0 Å². The largest absolute Gasteiger partial charge is 0.415 e. The average molecular weight is 325 g/mol. The molecule has 0 spiro atoms.